The molecule has 0 radical (unpaired) electrons. The first-order chi connectivity index (χ1) is 11.5. The molecule has 122 valence electrons. The molecule has 0 bridgehead atoms. The summed E-state index contributed by atoms with van der Waals surface area (Å²) in [4.78, 5) is 1.65. The van der Waals surface area contributed by atoms with Gasteiger partial charge in [0.15, 0.2) is 0 Å². The van der Waals surface area contributed by atoms with Gasteiger partial charge in [-0.25, -0.2) is 0 Å². The molecule has 3 aromatic rings. The molecule has 2 heteroatoms. The van der Waals surface area contributed by atoms with Crippen LogP contribution in [0.15, 0.2) is 65.1 Å². The molecule has 1 aliphatic heterocycles. The molecule has 24 heavy (non-hydrogen) atoms. The van der Waals surface area contributed by atoms with E-state index in [1.54, 1.807) is 10.5 Å². The van der Waals surface area contributed by atoms with Gasteiger partial charge in [-0.05, 0) is 42.3 Å². The van der Waals surface area contributed by atoms with Gasteiger partial charge in [0.1, 0.15) is 13.1 Å². The lowest BCUT2D eigenvalue weighted by atomic mass is 9.82. The molecule has 0 fully saturated rings. The first-order valence-electron chi connectivity index (χ1n) is 8.62. The molecule has 0 saturated carbocycles. The molecule has 0 saturated heterocycles. The van der Waals surface area contributed by atoms with E-state index in [1.807, 2.05) is 0 Å². The van der Waals surface area contributed by atoms with Crippen LogP contribution < -0.4 is 4.90 Å². The van der Waals surface area contributed by atoms with Gasteiger partial charge in [-0.2, -0.15) is 0 Å². The second kappa shape index (κ2) is 6.02. The van der Waals surface area contributed by atoms with E-state index in [2.05, 4.69) is 90.4 Å². The van der Waals surface area contributed by atoms with Gasteiger partial charge in [-0.15, -0.1) is 0 Å². The fraction of sp³-hybridized carbons (Fsp3) is 0.273. The zero-order valence-corrected chi connectivity index (χ0v) is 15.9. The molecule has 3 aromatic carbocycles. The van der Waals surface area contributed by atoms with Crippen molar-refractivity contribution < 1.29 is 4.90 Å². The summed E-state index contributed by atoms with van der Waals surface area (Å²) in [5, 5.41) is 2.80. The number of nitrogens with one attached hydrogen (secondary N) is 1. The standard InChI is InChI=1S/C22H22BrN/c1-22(2)13-21-18(10-9-17-5-3-4-6-20(17)21)15-24(22)14-16-7-11-19(23)12-8-16/h3-12H,13-15H2,1-2H3/p+1. The van der Waals surface area contributed by atoms with Crippen LogP contribution in [-0.2, 0) is 19.5 Å². The molecule has 4 rings (SSSR count). The minimum Gasteiger partial charge on any atom is -0.323 e. The van der Waals surface area contributed by atoms with E-state index in [1.165, 1.54) is 21.9 Å². The first kappa shape index (κ1) is 15.9. The highest BCUT2D eigenvalue weighted by atomic mass is 79.9. The number of hydrogen-bond acceptors (Lipinski definition) is 0. The minimum atomic E-state index is 0.240. The average Bonchev–Trinajstić information content (AvgIpc) is 2.57. The van der Waals surface area contributed by atoms with Crippen LogP contribution in [0.4, 0.5) is 0 Å². The van der Waals surface area contributed by atoms with Crippen molar-refractivity contribution in [1.82, 2.24) is 0 Å². The second-order valence-electron chi connectivity index (χ2n) is 7.57. The molecule has 1 nitrogen and oxygen atoms in total. The quantitative estimate of drug-likeness (QED) is 0.666. The van der Waals surface area contributed by atoms with E-state index in [0.29, 0.717) is 0 Å². The van der Waals surface area contributed by atoms with Crippen molar-refractivity contribution in [3.63, 3.8) is 0 Å². The highest BCUT2D eigenvalue weighted by Crippen LogP contribution is 2.28. The van der Waals surface area contributed by atoms with Crippen LogP contribution >= 0.6 is 15.9 Å². The van der Waals surface area contributed by atoms with Gasteiger partial charge in [-0.1, -0.05) is 64.5 Å². The van der Waals surface area contributed by atoms with Gasteiger partial charge in [0, 0.05) is 22.0 Å². The van der Waals surface area contributed by atoms with Crippen LogP contribution in [0.3, 0.4) is 0 Å². The topological polar surface area (TPSA) is 4.44 Å². The van der Waals surface area contributed by atoms with Gasteiger partial charge in [0.25, 0.3) is 0 Å². The maximum Gasteiger partial charge on any atom is 0.104 e. The Labute approximate surface area is 152 Å². The molecule has 1 atom stereocenters. The third kappa shape index (κ3) is 2.89. The monoisotopic (exact) mass is 380 g/mol. The Morgan fingerprint density at radius 3 is 2.50 bits per heavy atom. The smallest absolute Gasteiger partial charge is 0.104 e. The summed E-state index contributed by atoms with van der Waals surface area (Å²) in [6, 6.07) is 22.2. The van der Waals surface area contributed by atoms with Crippen LogP contribution in [0.5, 0.6) is 0 Å². The highest BCUT2D eigenvalue weighted by molar-refractivity contribution is 9.10. The minimum absolute atomic E-state index is 0.240. The summed E-state index contributed by atoms with van der Waals surface area (Å²) >= 11 is 3.53. The molecule has 1 heterocycles. The maximum absolute atomic E-state index is 3.53. The lowest BCUT2D eigenvalue weighted by Crippen LogP contribution is -3.18. The summed E-state index contributed by atoms with van der Waals surface area (Å²) in [6.45, 7) is 6.99. The van der Waals surface area contributed by atoms with E-state index in [4.69, 9.17) is 0 Å². The second-order valence-corrected chi connectivity index (χ2v) is 8.48. The van der Waals surface area contributed by atoms with Gasteiger partial charge in [0.05, 0.1) is 5.54 Å². The zero-order chi connectivity index (χ0) is 16.7. The Bertz CT molecular complexity index is 880. The summed E-state index contributed by atoms with van der Waals surface area (Å²) < 4.78 is 1.15. The van der Waals surface area contributed by atoms with Crippen molar-refractivity contribution in [2.75, 3.05) is 0 Å². The summed E-state index contributed by atoms with van der Waals surface area (Å²) in [6.07, 6.45) is 1.13. The normalized spacial score (nSPS) is 19.2. The van der Waals surface area contributed by atoms with Crippen LogP contribution in [-0.4, -0.2) is 5.54 Å². The van der Waals surface area contributed by atoms with Crippen molar-refractivity contribution in [1.29, 1.82) is 0 Å². The van der Waals surface area contributed by atoms with Crippen molar-refractivity contribution in [2.45, 2.75) is 38.9 Å². The largest absolute Gasteiger partial charge is 0.323 e. The lowest BCUT2D eigenvalue weighted by molar-refractivity contribution is -0.977. The molecule has 0 aliphatic carbocycles. The number of rotatable bonds is 2. The van der Waals surface area contributed by atoms with Crippen LogP contribution in [0.1, 0.15) is 30.5 Å². The zero-order valence-electron chi connectivity index (χ0n) is 14.3. The number of hydrogen-bond donors (Lipinski definition) is 1. The lowest BCUT2D eigenvalue weighted by Gasteiger charge is -2.40. The summed E-state index contributed by atoms with van der Waals surface area (Å²) in [5.74, 6) is 0. The highest BCUT2D eigenvalue weighted by Gasteiger charge is 2.37. The molecular formula is C22H23BrN+. The third-order valence-corrected chi connectivity index (χ3v) is 5.98. The number of benzene rings is 3. The van der Waals surface area contributed by atoms with E-state index in [9.17, 15) is 0 Å². The summed E-state index contributed by atoms with van der Waals surface area (Å²) in [7, 11) is 0. The third-order valence-electron chi connectivity index (χ3n) is 5.45. The Balaban J connectivity index is 1.70. The van der Waals surface area contributed by atoms with E-state index in [-0.39, 0.29) is 5.54 Å². The predicted octanol–water partition coefficient (Wildman–Crippen LogP) is 4.52. The Morgan fingerprint density at radius 1 is 0.958 bits per heavy atom. The Kier molecular flexibility index (Phi) is 3.98. The Morgan fingerprint density at radius 2 is 1.71 bits per heavy atom. The number of quaternary nitrogens is 1. The molecule has 1 N–H and O–H groups in total. The predicted molar refractivity (Wildman–Crippen MR) is 104 cm³/mol. The van der Waals surface area contributed by atoms with Crippen molar-refractivity contribution in [3.8, 4) is 0 Å². The van der Waals surface area contributed by atoms with Gasteiger partial charge >= 0.3 is 0 Å². The molecule has 0 spiro atoms. The van der Waals surface area contributed by atoms with Crippen molar-refractivity contribution in [3.05, 3.63) is 81.8 Å². The number of halogens is 1. The number of fused-ring (bicyclic) bond motifs is 3. The van der Waals surface area contributed by atoms with Crippen LogP contribution in [0.25, 0.3) is 10.8 Å². The van der Waals surface area contributed by atoms with Gasteiger partial charge < -0.3 is 4.90 Å². The van der Waals surface area contributed by atoms with Gasteiger partial charge in [-0.3, -0.25) is 0 Å². The SMILES string of the molecule is CC1(C)Cc2c(ccc3ccccc23)C[NH+]1Cc1ccc(Br)cc1. The van der Waals surface area contributed by atoms with Gasteiger partial charge in [0.2, 0.25) is 0 Å². The fourth-order valence-corrected chi connectivity index (χ4v) is 4.21. The average molecular weight is 381 g/mol. The molecule has 1 unspecified atom stereocenters. The fourth-order valence-electron chi connectivity index (χ4n) is 3.94. The van der Waals surface area contributed by atoms with Crippen LogP contribution in [0.2, 0.25) is 0 Å². The molecule has 0 amide bonds. The molecule has 0 aromatic heterocycles. The maximum atomic E-state index is 3.53. The first-order valence-corrected chi connectivity index (χ1v) is 9.41. The molecule has 1 aliphatic rings. The Hall–Kier alpha value is -1.64. The van der Waals surface area contributed by atoms with E-state index >= 15 is 0 Å². The van der Waals surface area contributed by atoms with E-state index < -0.39 is 0 Å². The van der Waals surface area contributed by atoms with Crippen molar-refractivity contribution >= 4 is 26.7 Å². The van der Waals surface area contributed by atoms with Crippen molar-refractivity contribution in [2.24, 2.45) is 0 Å². The van der Waals surface area contributed by atoms with E-state index in [0.717, 1.165) is 24.0 Å². The summed E-state index contributed by atoms with van der Waals surface area (Å²) in [5.41, 5.74) is 4.72. The van der Waals surface area contributed by atoms with Crippen LogP contribution in [0, 0.1) is 0 Å². The molecular weight excluding hydrogens is 358 g/mol.